The van der Waals surface area contributed by atoms with Crippen molar-refractivity contribution in [1.29, 1.82) is 0 Å². The van der Waals surface area contributed by atoms with E-state index in [0.717, 1.165) is 47.8 Å². The summed E-state index contributed by atoms with van der Waals surface area (Å²) in [5.74, 6) is 1.56. The van der Waals surface area contributed by atoms with Crippen LogP contribution in [0.5, 0.6) is 11.5 Å². The molecule has 2 aliphatic rings. The van der Waals surface area contributed by atoms with E-state index in [1.807, 2.05) is 24.3 Å². The van der Waals surface area contributed by atoms with Crippen molar-refractivity contribution >= 4 is 15.7 Å². The molecule has 0 bridgehead atoms. The number of nitrogens with two attached hydrogens (primary N) is 1. The van der Waals surface area contributed by atoms with Gasteiger partial charge in [-0.3, -0.25) is 0 Å². The summed E-state index contributed by atoms with van der Waals surface area (Å²) in [4.78, 5) is 2.40. The van der Waals surface area contributed by atoms with Crippen molar-refractivity contribution in [2.45, 2.75) is 17.9 Å². The Bertz CT molecular complexity index is 895. The topological polar surface area (TPSA) is 81.9 Å². The van der Waals surface area contributed by atoms with E-state index >= 15 is 0 Å². The first-order valence-corrected chi connectivity index (χ1v) is 9.34. The molecule has 0 atom stereocenters. The third kappa shape index (κ3) is 2.81. The minimum Gasteiger partial charge on any atom is -0.486 e. The first kappa shape index (κ1) is 15.3. The Hall–Kier alpha value is -2.25. The van der Waals surface area contributed by atoms with E-state index in [9.17, 15) is 8.42 Å². The van der Waals surface area contributed by atoms with Gasteiger partial charge in [-0.1, -0.05) is 6.07 Å². The summed E-state index contributed by atoms with van der Waals surface area (Å²) in [6.45, 7) is 2.73. The van der Waals surface area contributed by atoms with Crippen molar-refractivity contribution in [3.05, 3.63) is 47.5 Å². The maximum absolute atomic E-state index is 11.5. The summed E-state index contributed by atoms with van der Waals surface area (Å²) in [6.07, 6.45) is 0.809. The van der Waals surface area contributed by atoms with Crippen LogP contribution in [0.25, 0.3) is 0 Å². The monoisotopic (exact) mass is 346 g/mol. The highest BCUT2D eigenvalue weighted by Gasteiger charge is 2.22. The number of primary sulfonamides is 1. The van der Waals surface area contributed by atoms with Gasteiger partial charge in [-0.05, 0) is 47.9 Å². The standard InChI is InChI=1S/C17H18N2O4S/c18-24(20,21)14-2-3-15-13(10-14)5-6-19(15)11-12-1-4-16-17(9-12)23-8-7-22-16/h1-4,9-10H,5-8,11H2,(H2,18,20,21). The molecule has 0 saturated heterocycles. The SMILES string of the molecule is NS(=O)(=O)c1ccc2c(c1)CCN2Cc1ccc2c(c1)OCCO2. The van der Waals surface area contributed by atoms with Crippen molar-refractivity contribution in [2.24, 2.45) is 5.14 Å². The minimum atomic E-state index is -3.66. The molecule has 2 N–H and O–H groups in total. The van der Waals surface area contributed by atoms with E-state index in [0.29, 0.717) is 13.2 Å². The highest BCUT2D eigenvalue weighted by atomic mass is 32.2. The lowest BCUT2D eigenvalue weighted by Gasteiger charge is -2.22. The highest BCUT2D eigenvalue weighted by molar-refractivity contribution is 7.89. The Morgan fingerprint density at radius 1 is 1.04 bits per heavy atom. The Morgan fingerprint density at radius 3 is 2.62 bits per heavy atom. The lowest BCUT2D eigenvalue weighted by molar-refractivity contribution is 0.171. The van der Waals surface area contributed by atoms with Gasteiger partial charge in [0.15, 0.2) is 11.5 Å². The predicted octanol–water partition coefficient (Wildman–Crippen LogP) is 1.67. The number of anilines is 1. The number of nitrogens with zero attached hydrogens (tertiary/aromatic N) is 1. The van der Waals surface area contributed by atoms with Crippen molar-refractivity contribution < 1.29 is 17.9 Å². The van der Waals surface area contributed by atoms with Crippen LogP contribution >= 0.6 is 0 Å². The van der Waals surface area contributed by atoms with E-state index in [4.69, 9.17) is 14.6 Å². The van der Waals surface area contributed by atoms with Gasteiger partial charge < -0.3 is 14.4 Å². The van der Waals surface area contributed by atoms with Gasteiger partial charge in [-0.15, -0.1) is 0 Å². The van der Waals surface area contributed by atoms with Gasteiger partial charge in [0.05, 0.1) is 4.90 Å². The van der Waals surface area contributed by atoms with E-state index in [-0.39, 0.29) is 4.90 Å². The molecule has 0 unspecified atom stereocenters. The Labute approximate surface area is 140 Å². The largest absolute Gasteiger partial charge is 0.486 e. The van der Waals surface area contributed by atoms with Crippen LogP contribution < -0.4 is 19.5 Å². The molecule has 6 nitrogen and oxygen atoms in total. The Balaban J connectivity index is 1.58. The molecule has 0 fully saturated rings. The van der Waals surface area contributed by atoms with Gasteiger partial charge in [0.25, 0.3) is 0 Å². The second kappa shape index (κ2) is 5.68. The van der Waals surface area contributed by atoms with E-state index < -0.39 is 10.0 Å². The molecule has 7 heteroatoms. The van der Waals surface area contributed by atoms with Crippen molar-refractivity contribution in [3.63, 3.8) is 0 Å². The molecule has 2 heterocycles. The second-order valence-corrected chi connectivity index (χ2v) is 7.55. The molecule has 0 aliphatic carbocycles. The van der Waals surface area contributed by atoms with Gasteiger partial charge in [-0.2, -0.15) is 0 Å². The number of ether oxygens (including phenoxy) is 2. The molecule has 4 rings (SSSR count). The van der Waals surface area contributed by atoms with Crippen LogP contribution in [0.2, 0.25) is 0 Å². The van der Waals surface area contributed by atoms with Crippen LogP contribution in [0.3, 0.4) is 0 Å². The highest BCUT2D eigenvalue weighted by Crippen LogP contribution is 2.34. The summed E-state index contributed by atoms with van der Waals surface area (Å²) in [7, 11) is -3.66. The summed E-state index contributed by atoms with van der Waals surface area (Å²) in [5, 5.41) is 5.21. The minimum absolute atomic E-state index is 0.169. The van der Waals surface area contributed by atoms with Crippen LogP contribution in [0.4, 0.5) is 5.69 Å². The predicted molar refractivity (Wildman–Crippen MR) is 90.0 cm³/mol. The molecule has 2 aromatic rings. The Kier molecular flexibility index (Phi) is 3.62. The maximum atomic E-state index is 11.5. The lowest BCUT2D eigenvalue weighted by Crippen LogP contribution is -2.20. The first-order chi connectivity index (χ1) is 11.5. The number of hydrogen-bond acceptors (Lipinski definition) is 5. The maximum Gasteiger partial charge on any atom is 0.238 e. The summed E-state index contributed by atoms with van der Waals surface area (Å²) >= 11 is 0. The molecule has 2 aromatic carbocycles. The fraction of sp³-hybridized carbons (Fsp3) is 0.294. The first-order valence-electron chi connectivity index (χ1n) is 7.80. The molecule has 24 heavy (non-hydrogen) atoms. The number of benzene rings is 2. The molecular formula is C17H18N2O4S. The number of fused-ring (bicyclic) bond motifs is 2. The van der Waals surface area contributed by atoms with Crippen LogP contribution in [-0.2, 0) is 23.0 Å². The molecule has 0 saturated carbocycles. The molecule has 126 valence electrons. The molecule has 0 aromatic heterocycles. The van der Waals surface area contributed by atoms with E-state index in [1.165, 1.54) is 0 Å². The van der Waals surface area contributed by atoms with Crippen LogP contribution in [0, 0.1) is 0 Å². The fourth-order valence-electron chi connectivity index (χ4n) is 3.19. The average molecular weight is 346 g/mol. The van der Waals surface area contributed by atoms with Crippen molar-refractivity contribution in [1.82, 2.24) is 0 Å². The molecule has 2 aliphatic heterocycles. The number of sulfonamides is 1. The summed E-state index contributed by atoms with van der Waals surface area (Å²) in [5.41, 5.74) is 3.19. The van der Waals surface area contributed by atoms with Crippen molar-refractivity contribution in [2.75, 3.05) is 24.7 Å². The van der Waals surface area contributed by atoms with Gasteiger partial charge in [0.2, 0.25) is 10.0 Å². The third-order valence-electron chi connectivity index (χ3n) is 4.35. The smallest absolute Gasteiger partial charge is 0.238 e. The average Bonchev–Trinajstić information content (AvgIpc) is 2.96. The second-order valence-electron chi connectivity index (χ2n) is 5.99. The fourth-order valence-corrected chi connectivity index (χ4v) is 3.76. The zero-order chi connectivity index (χ0) is 16.7. The van der Waals surface area contributed by atoms with E-state index in [1.54, 1.807) is 12.1 Å². The van der Waals surface area contributed by atoms with Crippen LogP contribution in [0.1, 0.15) is 11.1 Å². The van der Waals surface area contributed by atoms with Crippen LogP contribution in [0.15, 0.2) is 41.3 Å². The quantitative estimate of drug-likeness (QED) is 0.914. The number of hydrogen-bond donors (Lipinski definition) is 1. The number of rotatable bonds is 3. The lowest BCUT2D eigenvalue weighted by atomic mass is 10.1. The van der Waals surface area contributed by atoms with Crippen molar-refractivity contribution in [3.8, 4) is 11.5 Å². The molecule has 0 radical (unpaired) electrons. The summed E-state index contributed by atoms with van der Waals surface area (Å²) < 4.78 is 34.1. The van der Waals surface area contributed by atoms with Gasteiger partial charge >= 0.3 is 0 Å². The Morgan fingerprint density at radius 2 is 1.83 bits per heavy atom. The summed E-state index contributed by atoms with van der Waals surface area (Å²) in [6, 6.07) is 11.0. The molecular weight excluding hydrogens is 328 g/mol. The molecule has 0 amide bonds. The normalized spacial score (nSPS) is 16.1. The van der Waals surface area contributed by atoms with E-state index in [2.05, 4.69) is 4.90 Å². The van der Waals surface area contributed by atoms with Gasteiger partial charge in [0.1, 0.15) is 13.2 Å². The van der Waals surface area contributed by atoms with Gasteiger partial charge in [-0.25, -0.2) is 13.6 Å². The van der Waals surface area contributed by atoms with Gasteiger partial charge in [0, 0.05) is 18.8 Å². The zero-order valence-electron chi connectivity index (χ0n) is 13.1. The molecule has 0 spiro atoms. The van der Waals surface area contributed by atoms with Crippen LogP contribution in [-0.4, -0.2) is 28.2 Å². The third-order valence-corrected chi connectivity index (χ3v) is 5.26. The zero-order valence-corrected chi connectivity index (χ0v) is 13.9.